The molecule has 0 amide bonds. The van der Waals surface area contributed by atoms with Gasteiger partial charge in [-0.15, -0.1) is 0 Å². The van der Waals surface area contributed by atoms with Crippen LogP contribution in [0.2, 0.25) is 0 Å². The number of ketones is 1. The number of rotatable bonds is 1. The van der Waals surface area contributed by atoms with Crippen LogP contribution in [-0.2, 0) is 9.53 Å². The van der Waals surface area contributed by atoms with Gasteiger partial charge in [0.15, 0.2) is 5.78 Å². The molecule has 0 aromatic heterocycles. The third-order valence-electron chi connectivity index (χ3n) is 5.19. The number of carbonyl (C=O) groups excluding carboxylic acids is 1. The maximum Gasteiger partial charge on any atom is 0.187 e. The second-order valence-electron chi connectivity index (χ2n) is 6.22. The minimum absolute atomic E-state index is 0.0619. The molecule has 2 heterocycles. The minimum Gasteiger partial charge on any atom is -0.359 e. The summed E-state index contributed by atoms with van der Waals surface area (Å²) in [6.07, 6.45) is 6.99. The molecule has 88 valence electrons. The molecule has 1 saturated heterocycles. The molecule has 2 heteroatoms. The molecular weight excluding hydrogens is 200 g/mol. The lowest BCUT2D eigenvalue weighted by Gasteiger charge is -2.39. The first-order valence-corrected chi connectivity index (χ1v) is 6.40. The van der Waals surface area contributed by atoms with Crippen LogP contribution in [0.1, 0.15) is 40.0 Å². The van der Waals surface area contributed by atoms with Crippen molar-refractivity contribution in [2.24, 2.45) is 17.3 Å². The highest BCUT2D eigenvalue weighted by Crippen LogP contribution is 2.63. The molecule has 4 atom stereocenters. The van der Waals surface area contributed by atoms with Crippen LogP contribution in [0.15, 0.2) is 12.2 Å². The zero-order valence-corrected chi connectivity index (χ0v) is 10.3. The molecule has 16 heavy (non-hydrogen) atoms. The maximum atomic E-state index is 12.2. The van der Waals surface area contributed by atoms with E-state index >= 15 is 0 Å². The smallest absolute Gasteiger partial charge is 0.187 e. The SMILES string of the molecule is CC(C)[C@H]1CC[C@@]23O[C@@H](C=CC2=O)C[C@]13C. The van der Waals surface area contributed by atoms with Crippen molar-refractivity contribution in [3.8, 4) is 0 Å². The normalized spacial score (nSPS) is 50.1. The molecule has 1 saturated carbocycles. The quantitative estimate of drug-likeness (QED) is 0.679. The Morgan fingerprint density at radius 1 is 1.50 bits per heavy atom. The minimum atomic E-state index is -0.471. The van der Waals surface area contributed by atoms with Crippen molar-refractivity contribution in [1.82, 2.24) is 0 Å². The van der Waals surface area contributed by atoms with Crippen LogP contribution in [-0.4, -0.2) is 17.5 Å². The summed E-state index contributed by atoms with van der Waals surface area (Å²) in [5, 5.41) is 0. The zero-order valence-electron chi connectivity index (χ0n) is 10.3. The Bertz CT molecular complexity index is 371. The Morgan fingerprint density at radius 2 is 2.25 bits per heavy atom. The highest BCUT2D eigenvalue weighted by atomic mass is 16.5. The predicted octanol–water partition coefficient (Wildman–Crippen LogP) is 2.73. The first kappa shape index (κ1) is 10.5. The molecule has 1 aliphatic carbocycles. The van der Waals surface area contributed by atoms with E-state index in [-0.39, 0.29) is 17.3 Å². The van der Waals surface area contributed by atoms with Gasteiger partial charge in [0.1, 0.15) is 5.60 Å². The summed E-state index contributed by atoms with van der Waals surface area (Å²) in [6, 6.07) is 0. The van der Waals surface area contributed by atoms with Crippen molar-refractivity contribution in [2.45, 2.75) is 51.7 Å². The lowest BCUT2D eigenvalue weighted by molar-refractivity contribution is -0.146. The van der Waals surface area contributed by atoms with Crippen molar-refractivity contribution in [1.29, 1.82) is 0 Å². The van der Waals surface area contributed by atoms with Crippen LogP contribution < -0.4 is 0 Å². The predicted molar refractivity (Wildman–Crippen MR) is 62.0 cm³/mol. The van der Waals surface area contributed by atoms with Gasteiger partial charge in [-0.05, 0) is 37.2 Å². The van der Waals surface area contributed by atoms with E-state index in [4.69, 9.17) is 4.74 Å². The first-order valence-electron chi connectivity index (χ1n) is 6.40. The maximum absolute atomic E-state index is 12.2. The van der Waals surface area contributed by atoms with Crippen molar-refractivity contribution in [3.05, 3.63) is 12.2 Å². The van der Waals surface area contributed by atoms with Crippen molar-refractivity contribution in [2.75, 3.05) is 0 Å². The topological polar surface area (TPSA) is 26.3 Å². The van der Waals surface area contributed by atoms with E-state index in [2.05, 4.69) is 20.8 Å². The van der Waals surface area contributed by atoms with E-state index < -0.39 is 5.60 Å². The second kappa shape index (κ2) is 2.98. The van der Waals surface area contributed by atoms with E-state index in [0.29, 0.717) is 11.8 Å². The van der Waals surface area contributed by atoms with Crippen LogP contribution in [0.3, 0.4) is 0 Å². The largest absolute Gasteiger partial charge is 0.359 e. The Hall–Kier alpha value is -0.630. The Labute approximate surface area is 97.1 Å². The fourth-order valence-electron chi connectivity index (χ4n) is 4.46. The van der Waals surface area contributed by atoms with Crippen LogP contribution >= 0.6 is 0 Å². The Morgan fingerprint density at radius 3 is 2.94 bits per heavy atom. The molecule has 3 rings (SSSR count). The summed E-state index contributed by atoms with van der Waals surface area (Å²) in [5.41, 5.74) is -0.409. The molecular formula is C14H20O2. The molecule has 2 aliphatic heterocycles. The Balaban J connectivity index is 2.07. The number of fused-ring (bicyclic) bond motifs is 1. The van der Waals surface area contributed by atoms with E-state index in [1.165, 1.54) is 0 Å². The summed E-state index contributed by atoms with van der Waals surface area (Å²) in [7, 11) is 0. The van der Waals surface area contributed by atoms with Gasteiger partial charge in [0.05, 0.1) is 6.10 Å². The second-order valence-corrected chi connectivity index (χ2v) is 6.22. The van der Waals surface area contributed by atoms with Gasteiger partial charge in [0.25, 0.3) is 0 Å². The van der Waals surface area contributed by atoms with Gasteiger partial charge >= 0.3 is 0 Å². The third-order valence-corrected chi connectivity index (χ3v) is 5.19. The molecule has 3 aliphatic rings. The zero-order chi connectivity index (χ0) is 11.6. The highest BCUT2D eigenvalue weighted by Gasteiger charge is 2.67. The van der Waals surface area contributed by atoms with Gasteiger partial charge < -0.3 is 4.74 Å². The molecule has 0 unspecified atom stereocenters. The lowest BCUT2D eigenvalue weighted by atomic mass is 9.66. The van der Waals surface area contributed by atoms with Crippen molar-refractivity contribution >= 4 is 5.78 Å². The summed E-state index contributed by atoms with van der Waals surface area (Å²) in [6.45, 7) is 6.82. The summed E-state index contributed by atoms with van der Waals surface area (Å²) in [5.74, 6) is 1.48. The standard InChI is InChI=1S/C14H20O2/c1-9(2)11-6-7-14-12(15)5-4-10(16-14)8-13(11,14)3/h4-5,9-11H,6-8H2,1-3H3/t10-,11+,13+,14+/m0/s1. The fraction of sp³-hybridized carbons (Fsp3) is 0.786. The number of hydrogen-bond donors (Lipinski definition) is 0. The molecule has 2 fully saturated rings. The fourth-order valence-corrected chi connectivity index (χ4v) is 4.46. The van der Waals surface area contributed by atoms with Gasteiger partial charge in [-0.25, -0.2) is 0 Å². The highest BCUT2D eigenvalue weighted by molar-refractivity contribution is 5.99. The summed E-state index contributed by atoms with van der Waals surface area (Å²) in [4.78, 5) is 12.2. The van der Waals surface area contributed by atoms with E-state index in [9.17, 15) is 4.79 Å². The van der Waals surface area contributed by atoms with E-state index in [0.717, 1.165) is 19.3 Å². The van der Waals surface area contributed by atoms with Crippen LogP contribution in [0, 0.1) is 17.3 Å². The van der Waals surface area contributed by atoms with Crippen molar-refractivity contribution in [3.63, 3.8) is 0 Å². The average molecular weight is 220 g/mol. The Kier molecular flexibility index (Phi) is 1.96. The first-order chi connectivity index (χ1) is 7.49. The molecule has 0 radical (unpaired) electrons. The molecule has 2 nitrogen and oxygen atoms in total. The lowest BCUT2D eigenvalue weighted by Crippen LogP contribution is -2.49. The average Bonchev–Trinajstić information content (AvgIpc) is 2.59. The third kappa shape index (κ3) is 0.994. The molecule has 1 spiro atoms. The number of hydrogen-bond acceptors (Lipinski definition) is 2. The van der Waals surface area contributed by atoms with Crippen molar-refractivity contribution < 1.29 is 9.53 Å². The van der Waals surface area contributed by atoms with Gasteiger partial charge in [0.2, 0.25) is 0 Å². The van der Waals surface area contributed by atoms with Crippen LogP contribution in [0.4, 0.5) is 0 Å². The molecule has 0 N–H and O–H groups in total. The van der Waals surface area contributed by atoms with Crippen LogP contribution in [0.5, 0.6) is 0 Å². The monoisotopic (exact) mass is 220 g/mol. The molecule has 2 bridgehead atoms. The van der Waals surface area contributed by atoms with Crippen LogP contribution in [0.25, 0.3) is 0 Å². The van der Waals surface area contributed by atoms with Gasteiger partial charge in [-0.3, -0.25) is 4.79 Å². The van der Waals surface area contributed by atoms with E-state index in [1.807, 2.05) is 6.08 Å². The molecule has 0 aromatic carbocycles. The van der Waals surface area contributed by atoms with E-state index in [1.54, 1.807) is 6.08 Å². The van der Waals surface area contributed by atoms with Gasteiger partial charge in [-0.2, -0.15) is 0 Å². The van der Waals surface area contributed by atoms with Gasteiger partial charge in [-0.1, -0.05) is 26.8 Å². The number of ether oxygens (including phenoxy) is 1. The number of carbonyl (C=O) groups is 1. The summed E-state index contributed by atoms with van der Waals surface area (Å²) < 4.78 is 6.07. The molecule has 0 aromatic rings. The van der Waals surface area contributed by atoms with Gasteiger partial charge in [0, 0.05) is 5.41 Å². The summed E-state index contributed by atoms with van der Waals surface area (Å²) >= 11 is 0.